The van der Waals surface area contributed by atoms with Crippen molar-refractivity contribution in [2.75, 3.05) is 18.8 Å². The molecule has 2 rings (SSSR count). The first kappa shape index (κ1) is 16.6. The molecule has 6 heteroatoms. The molecule has 0 amide bonds. The fourth-order valence-corrected chi connectivity index (χ4v) is 4.66. The Kier molecular flexibility index (Phi) is 4.57. The molecule has 0 spiro atoms. The number of anilines is 1. The van der Waals surface area contributed by atoms with Crippen LogP contribution in [0.4, 0.5) is 5.69 Å². The maximum Gasteiger partial charge on any atom is 0.244 e. The van der Waals surface area contributed by atoms with Gasteiger partial charge in [0.15, 0.2) is 0 Å². The van der Waals surface area contributed by atoms with E-state index in [1.54, 1.807) is 6.07 Å². The summed E-state index contributed by atoms with van der Waals surface area (Å²) in [5, 5.41) is 0.241. The lowest BCUT2D eigenvalue weighted by Gasteiger charge is -2.38. The standard InChI is InChI=1S/C15H23ClN2O2S/c1-4-15(3)5-7-18(8-6-15)21(19,20)14-10-13(17)11(2)9-12(14)16/h9-10H,4-8,17H2,1-3H3. The normalized spacial score (nSPS) is 19.6. The van der Waals surface area contributed by atoms with E-state index in [0.29, 0.717) is 18.8 Å². The maximum absolute atomic E-state index is 12.8. The van der Waals surface area contributed by atoms with Crippen LogP contribution in [-0.2, 0) is 10.0 Å². The highest BCUT2D eigenvalue weighted by atomic mass is 35.5. The molecule has 4 nitrogen and oxygen atoms in total. The minimum Gasteiger partial charge on any atom is -0.398 e. The number of hydrogen-bond acceptors (Lipinski definition) is 3. The van der Waals surface area contributed by atoms with E-state index in [1.165, 1.54) is 10.4 Å². The van der Waals surface area contributed by atoms with Crippen molar-refractivity contribution in [3.05, 3.63) is 22.7 Å². The highest BCUT2D eigenvalue weighted by molar-refractivity contribution is 7.89. The van der Waals surface area contributed by atoms with Gasteiger partial charge in [-0.2, -0.15) is 4.31 Å². The molecule has 1 aromatic rings. The summed E-state index contributed by atoms with van der Waals surface area (Å²) < 4.78 is 27.0. The second-order valence-corrected chi connectivity index (χ2v) is 8.52. The number of piperidine rings is 1. The Balaban J connectivity index is 2.30. The predicted molar refractivity (Wildman–Crippen MR) is 87.0 cm³/mol. The van der Waals surface area contributed by atoms with E-state index < -0.39 is 10.0 Å². The zero-order valence-electron chi connectivity index (χ0n) is 12.8. The average molecular weight is 331 g/mol. The lowest BCUT2D eigenvalue weighted by molar-refractivity contribution is 0.169. The number of nitrogen functional groups attached to an aromatic ring is 1. The summed E-state index contributed by atoms with van der Waals surface area (Å²) in [6.45, 7) is 7.26. The summed E-state index contributed by atoms with van der Waals surface area (Å²) in [5.41, 5.74) is 7.32. The number of hydrogen-bond donors (Lipinski definition) is 1. The summed E-state index contributed by atoms with van der Waals surface area (Å²) in [6.07, 6.45) is 2.82. The first-order chi connectivity index (χ1) is 9.69. The van der Waals surface area contributed by atoms with Crippen LogP contribution in [0.5, 0.6) is 0 Å². The molecule has 0 aromatic heterocycles. The maximum atomic E-state index is 12.8. The van der Waals surface area contributed by atoms with E-state index in [4.69, 9.17) is 17.3 Å². The highest BCUT2D eigenvalue weighted by Crippen LogP contribution is 2.37. The second-order valence-electron chi connectivity index (χ2n) is 6.21. The van der Waals surface area contributed by atoms with Gasteiger partial charge in [-0.05, 0) is 42.9 Å². The first-order valence-electron chi connectivity index (χ1n) is 7.25. The van der Waals surface area contributed by atoms with Crippen molar-refractivity contribution in [3.8, 4) is 0 Å². The van der Waals surface area contributed by atoms with Crippen LogP contribution in [0.1, 0.15) is 38.7 Å². The van der Waals surface area contributed by atoms with Gasteiger partial charge >= 0.3 is 0 Å². The van der Waals surface area contributed by atoms with Crippen LogP contribution in [0, 0.1) is 12.3 Å². The van der Waals surface area contributed by atoms with Gasteiger partial charge in [-0.1, -0.05) is 31.9 Å². The zero-order valence-corrected chi connectivity index (χ0v) is 14.4. The van der Waals surface area contributed by atoms with Gasteiger partial charge in [0.2, 0.25) is 10.0 Å². The minimum absolute atomic E-state index is 0.118. The average Bonchev–Trinajstić information content (AvgIpc) is 2.43. The van der Waals surface area contributed by atoms with Crippen LogP contribution < -0.4 is 5.73 Å². The zero-order chi connectivity index (χ0) is 15.8. The second kappa shape index (κ2) is 5.78. The molecular weight excluding hydrogens is 308 g/mol. The summed E-state index contributed by atoms with van der Waals surface area (Å²) in [4.78, 5) is 0.118. The van der Waals surface area contributed by atoms with Crippen molar-refractivity contribution in [1.82, 2.24) is 4.31 Å². The quantitative estimate of drug-likeness (QED) is 0.863. The molecule has 0 atom stereocenters. The SMILES string of the molecule is CCC1(C)CCN(S(=O)(=O)c2cc(N)c(C)cc2Cl)CC1. The summed E-state index contributed by atoms with van der Waals surface area (Å²) in [6, 6.07) is 3.09. The Labute approximate surface area is 132 Å². The van der Waals surface area contributed by atoms with Crippen LogP contribution in [-0.4, -0.2) is 25.8 Å². The van der Waals surface area contributed by atoms with E-state index in [9.17, 15) is 8.42 Å². The van der Waals surface area contributed by atoms with E-state index in [0.717, 1.165) is 24.8 Å². The van der Waals surface area contributed by atoms with Gasteiger partial charge in [0.05, 0.1) is 5.02 Å². The molecule has 0 aliphatic carbocycles. The number of halogens is 1. The van der Waals surface area contributed by atoms with Gasteiger partial charge in [0.25, 0.3) is 0 Å². The molecule has 118 valence electrons. The van der Waals surface area contributed by atoms with Gasteiger partial charge in [-0.15, -0.1) is 0 Å². The molecule has 0 saturated carbocycles. The summed E-state index contributed by atoms with van der Waals surface area (Å²) in [5.74, 6) is 0. The third kappa shape index (κ3) is 3.20. The number of benzene rings is 1. The smallest absolute Gasteiger partial charge is 0.244 e. The summed E-state index contributed by atoms with van der Waals surface area (Å²) in [7, 11) is -3.57. The van der Waals surface area contributed by atoms with Gasteiger partial charge in [-0.3, -0.25) is 0 Å². The van der Waals surface area contributed by atoms with Crippen molar-refractivity contribution in [2.24, 2.45) is 5.41 Å². The Morgan fingerprint density at radius 1 is 1.33 bits per heavy atom. The van der Waals surface area contributed by atoms with Gasteiger partial charge in [0, 0.05) is 18.8 Å². The first-order valence-corrected chi connectivity index (χ1v) is 9.07. The van der Waals surface area contributed by atoms with Crippen LogP contribution in [0.25, 0.3) is 0 Å². The van der Waals surface area contributed by atoms with Crippen LogP contribution in [0.3, 0.4) is 0 Å². The monoisotopic (exact) mass is 330 g/mol. The number of aryl methyl sites for hydroxylation is 1. The van der Waals surface area contributed by atoms with Crippen molar-refractivity contribution in [1.29, 1.82) is 0 Å². The predicted octanol–water partition coefficient (Wildman–Crippen LogP) is 3.43. The van der Waals surface area contributed by atoms with E-state index in [-0.39, 0.29) is 15.3 Å². The number of nitrogens with zero attached hydrogens (tertiary/aromatic N) is 1. The molecule has 1 aliphatic rings. The molecule has 1 heterocycles. The van der Waals surface area contributed by atoms with Crippen LogP contribution in [0.15, 0.2) is 17.0 Å². The molecule has 21 heavy (non-hydrogen) atoms. The molecule has 0 radical (unpaired) electrons. The van der Waals surface area contributed by atoms with Gasteiger partial charge in [0.1, 0.15) is 4.90 Å². The van der Waals surface area contributed by atoms with Crippen LogP contribution in [0.2, 0.25) is 5.02 Å². The van der Waals surface area contributed by atoms with Crippen molar-refractivity contribution in [3.63, 3.8) is 0 Å². The van der Waals surface area contributed by atoms with E-state index in [1.807, 2.05) is 6.92 Å². The fourth-order valence-electron chi connectivity index (χ4n) is 2.63. The lowest BCUT2D eigenvalue weighted by Crippen LogP contribution is -2.42. The molecule has 0 unspecified atom stereocenters. The van der Waals surface area contributed by atoms with Crippen LogP contribution >= 0.6 is 11.6 Å². The molecule has 1 aromatic carbocycles. The van der Waals surface area contributed by atoms with Crippen molar-refractivity contribution < 1.29 is 8.42 Å². The molecule has 0 bridgehead atoms. The largest absolute Gasteiger partial charge is 0.398 e. The Bertz CT molecular complexity index is 635. The fraction of sp³-hybridized carbons (Fsp3) is 0.600. The highest BCUT2D eigenvalue weighted by Gasteiger charge is 2.35. The Hall–Kier alpha value is -0.780. The molecule has 1 saturated heterocycles. The van der Waals surface area contributed by atoms with Crippen molar-refractivity contribution >= 4 is 27.3 Å². The number of sulfonamides is 1. The molecule has 1 aliphatic heterocycles. The topological polar surface area (TPSA) is 63.4 Å². The van der Waals surface area contributed by atoms with Crippen molar-refractivity contribution in [2.45, 2.75) is 44.9 Å². The third-order valence-electron chi connectivity index (χ3n) is 4.72. The van der Waals surface area contributed by atoms with E-state index in [2.05, 4.69) is 13.8 Å². The van der Waals surface area contributed by atoms with Gasteiger partial charge < -0.3 is 5.73 Å². The minimum atomic E-state index is -3.57. The number of rotatable bonds is 3. The Morgan fingerprint density at radius 2 is 1.90 bits per heavy atom. The molecule has 2 N–H and O–H groups in total. The van der Waals surface area contributed by atoms with E-state index >= 15 is 0 Å². The number of nitrogens with two attached hydrogens (primary N) is 1. The summed E-state index contributed by atoms with van der Waals surface area (Å²) >= 11 is 6.13. The third-order valence-corrected chi connectivity index (χ3v) is 7.08. The lowest BCUT2D eigenvalue weighted by atomic mass is 9.79. The molecule has 1 fully saturated rings. The molecular formula is C15H23ClN2O2S. The van der Waals surface area contributed by atoms with Gasteiger partial charge in [-0.25, -0.2) is 8.42 Å². The Morgan fingerprint density at radius 3 is 2.43 bits per heavy atom.